The third-order valence-corrected chi connectivity index (χ3v) is 2.75. The molecule has 2 rings (SSSR count). The molecular weight excluding hydrogens is 212 g/mol. The molecule has 1 aromatic carbocycles. The van der Waals surface area contributed by atoms with Crippen LogP contribution in [-0.2, 0) is 0 Å². The second kappa shape index (κ2) is 3.47. The smallest absolute Gasteiger partial charge is 0.335 e. The molecule has 0 radical (unpaired) electrons. The summed E-state index contributed by atoms with van der Waals surface area (Å²) in [5, 5.41) is 7.84. The molecule has 3 N–H and O–H groups in total. The van der Waals surface area contributed by atoms with E-state index in [4.69, 9.17) is 11.3 Å². The van der Waals surface area contributed by atoms with Gasteiger partial charge in [-0.3, -0.25) is 5.41 Å². The predicted molar refractivity (Wildman–Crippen MR) is 63.0 cm³/mol. The standard InChI is InChI=1S/C9H10N4OS/c1-15-8(10)12-6-4-2-3-5-7(6)13(11)9(12)14/h2-5,10H,11H2,1H3. The first-order chi connectivity index (χ1) is 7.16. The first-order valence-corrected chi connectivity index (χ1v) is 5.49. The van der Waals surface area contributed by atoms with E-state index in [-0.39, 0.29) is 5.17 Å². The fourth-order valence-corrected chi connectivity index (χ4v) is 1.82. The van der Waals surface area contributed by atoms with E-state index < -0.39 is 5.69 Å². The summed E-state index contributed by atoms with van der Waals surface area (Å²) in [6.07, 6.45) is 1.75. The lowest BCUT2D eigenvalue weighted by Gasteiger charge is -1.99. The fourth-order valence-electron chi connectivity index (χ4n) is 1.46. The first kappa shape index (κ1) is 9.85. The van der Waals surface area contributed by atoms with Gasteiger partial charge in [-0.25, -0.2) is 14.0 Å². The average Bonchev–Trinajstić information content (AvgIpc) is 2.52. The predicted octanol–water partition coefficient (Wildman–Crippen LogP) is 0.663. The van der Waals surface area contributed by atoms with Crippen molar-refractivity contribution in [3.8, 4) is 0 Å². The molecule has 0 bridgehead atoms. The van der Waals surface area contributed by atoms with Gasteiger partial charge >= 0.3 is 5.69 Å². The van der Waals surface area contributed by atoms with E-state index in [0.717, 1.165) is 4.68 Å². The summed E-state index contributed by atoms with van der Waals surface area (Å²) in [6.45, 7) is 0. The molecule has 6 heteroatoms. The molecule has 0 amide bonds. The molecule has 0 aliphatic heterocycles. The van der Waals surface area contributed by atoms with Crippen LogP contribution in [0.3, 0.4) is 0 Å². The van der Waals surface area contributed by atoms with Crippen molar-refractivity contribution >= 4 is 28.0 Å². The van der Waals surface area contributed by atoms with Crippen LogP contribution in [0.25, 0.3) is 11.0 Å². The molecule has 0 aliphatic rings. The highest BCUT2D eigenvalue weighted by Gasteiger charge is 2.13. The lowest BCUT2D eigenvalue weighted by atomic mass is 10.3. The highest BCUT2D eigenvalue weighted by molar-refractivity contribution is 8.13. The van der Waals surface area contributed by atoms with Crippen molar-refractivity contribution < 1.29 is 0 Å². The van der Waals surface area contributed by atoms with E-state index >= 15 is 0 Å². The van der Waals surface area contributed by atoms with Crippen LogP contribution < -0.4 is 11.5 Å². The van der Waals surface area contributed by atoms with Gasteiger partial charge in [0.25, 0.3) is 0 Å². The molecule has 0 aliphatic carbocycles. The highest BCUT2D eigenvalue weighted by Crippen LogP contribution is 2.12. The second-order valence-electron chi connectivity index (χ2n) is 2.99. The van der Waals surface area contributed by atoms with Gasteiger partial charge in [0.15, 0.2) is 5.17 Å². The monoisotopic (exact) mass is 222 g/mol. The summed E-state index contributed by atoms with van der Waals surface area (Å²) in [7, 11) is 0. The Hall–Kier alpha value is -1.69. The van der Waals surface area contributed by atoms with Crippen molar-refractivity contribution in [2.75, 3.05) is 12.1 Å². The molecule has 78 valence electrons. The maximum atomic E-state index is 11.7. The Bertz CT molecular complexity index is 583. The molecular formula is C9H10N4OS. The number of fused-ring (bicyclic) bond motifs is 1. The van der Waals surface area contributed by atoms with E-state index in [1.54, 1.807) is 24.5 Å². The van der Waals surface area contributed by atoms with Gasteiger partial charge in [-0.15, -0.1) is 0 Å². The van der Waals surface area contributed by atoms with Gasteiger partial charge in [0, 0.05) is 0 Å². The Kier molecular flexibility index (Phi) is 2.28. The molecule has 1 heterocycles. The number of nitrogens with zero attached hydrogens (tertiary/aromatic N) is 2. The molecule has 0 saturated heterocycles. The number of thioether (sulfide) groups is 1. The molecule has 15 heavy (non-hydrogen) atoms. The number of imidazole rings is 1. The Labute approximate surface area is 90.0 Å². The van der Waals surface area contributed by atoms with Crippen LogP contribution >= 0.6 is 11.8 Å². The summed E-state index contributed by atoms with van der Waals surface area (Å²) < 4.78 is 2.35. The van der Waals surface area contributed by atoms with Gasteiger partial charge in [0.05, 0.1) is 11.0 Å². The first-order valence-electron chi connectivity index (χ1n) is 4.27. The van der Waals surface area contributed by atoms with Crippen LogP contribution in [-0.4, -0.2) is 20.7 Å². The van der Waals surface area contributed by atoms with Crippen molar-refractivity contribution in [2.24, 2.45) is 0 Å². The van der Waals surface area contributed by atoms with Crippen LogP contribution in [0.4, 0.5) is 0 Å². The highest BCUT2D eigenvalue weighted by atomic mass is 32.2. The fraction of sp³-hybridized carbons (Fsp3) is 0.111. The largest absolute Gasteiger partial charge is 0.353 e. The van der Waals surface area contributed by atoms with Crippen LogP contribution in [0.5, 0.6) is 0 Å². The molecule has 5 nitrogen and oxygen atoms in total. The van der Waals surface area contributed by atoms with Crippen LogP contribution in [0.2, 0.25) is 0 Å². The van der Waals surface area contributed by atoms with E-state index in [9.17, 15) is 4.79 Å². The van der Waals surface area contributed by atoms with Gasteiger partial charge in [0.1, 0.15) is 0 Å². The maximum absolute atomic E-state index is 11.7. The SMILES string of the molecule is CSC(=N)n1c(=O)n(N)c2ccccc21. The molecule has 1 aromatic heterocycles. The molecule has 0 fully saturated rings. The van der Waals surface area contributed by atoms with E-state index in [0.29, 0.717) is 11.0 Å². The van der Waals surface area contributed by atoms with E-state index in [1.165, 1.54) is 16.3 Å². The van der Waals surface area contributed by atoms with Gasteiger partial charge in [-0.1, -0.05) is 23.9 Å². The van der Waals surface area contributed by atoms with Crippen LogP contribution in [0.1, 0.15) is 0 Å². The molecule has 0 unspecified atom stereocenters. The molecule has 0 spiro atoms. The number of para-hydroxylation sites is 2. The zero-order valence-corrected chi connectivity index (χ0v) is 8.91. The Balaban J connectivity index is 2.90. The van der Waals surface area contributed by atoms with Crippen molar-refractivity contribution in [3.05, 3.63) is 34.7 Å². The Morgan fingerprint density at radius 2 is 2.00 bits per heavy atom. The summed E-state index contributed by atoms with van der Waals surface area (Å²) >= 11 is 1.20. The topological polar surface area (TPSA) is 76.8 Å². The number of nitrogens with one attached hydrogen (secondary N) is 1. The van der Waals surface area contributed by atoms with Gasteiger partial charge in [0.2, 0.25) is 0 Å². The van der Waals surface area contributed by atoms with Gasteiger partial charge < -0.3 is 5.84 Å². The number of nitrogens with two attached hydrogens (primary N) is 1. The van der Waals surface area contributed by atoms with Crippen molar-refractivity contribution in [1.29, 1.82) is 5.41 Å². The number of benzene rings is 1. The second-order valence-corrected chi connectivity index (χ2v) is 3.78. The van der Waals surface area contributed by atoms with Crippen molar-refractivity contribution in [1.82, 2.24) is 9.24 Å². The zero-order chi connectivity index (χ0) is 11.0. The summed E-state index contributed by atoms with van der Waals surface area (Å²) in [5.74, 6) is 5.61. The average molecular weight is 222 g/mol. The van der Waals surface area contributed by atoms with E-state index in [1.807, 2.05) is 6.07 Å². The number of hydrogen-bond donors (Lipinski definition) is 2. The summed E-state index contributed by atoms with van der Waals surface area (Å²) in [5.41, 5.74) is 0.890. The summed E-state index contributed by atoms with van der Waals surface area (Å²) in [4.78, 5) is 11.7. The Morgan fingerprint density at radius 3 is 2.60 bits per heavy atom. The minimum Gasteiger partial charge on any atom is -0.335 e. The van der Waals surface area contributed by atoms with E-state index in [2.05, 4.69) is 0 Å². The number of rotatable bonds is 0. The number of aromatic nitrogens is 2. The Morgan fingerprint density at radius 1 is 1.40 bits per heavy atom. The minimum absolute atomic E-state index is 0.167. The zero-order valence-electron chi connectivity index (χ0n) is 8.10. The number of nitrogen functional groups attached to an aromatic ring is 1. The number of hydrogen-bond acceptors (Lipinski definition) is 4. The van der Waals surface area contributed by atoms with Crippen LogP contribution in [0.15, 0.2) is 29.1 Å². The maximum Gasteiger partial charge on any atom is 0.353 e. The molecule has 2 aromatic rings. The third kappa shape index (κ3) is 1.33. The lowest BCUT2D eigenvalue weighted by molar-refractivity contribution is 0.926. The van der Waals surface area contributed by atoms with Gasteiger partial charge in [-0.2, -0.15) is 0 Å². The normalized spacial score (nSPS) is 10.7. The molecule has 0 atom stereocenters. The quantitative estimate of drug-likeness (QED) is 0.390. The third-order valence-electron chi connectivity index (χ3n) is 2.18. The van der Waals surface area contributed by atoms with Crippen molar-refractivity contribution in [3.63, 3.8) is 0 Å². The summed E-state index contributed by atoms with van der Waals surface area (Å²) in [6, 6.07) is 7.13. The van der Waals surface area contributed by atoms with Crippen molar-refractivity contribution in [2.45, 2.75) is 0 Å². The lowest BCUT2D eigenvalue weighted by Crippen LogP contribution is -2.31. The van der Waals surface area contributed by atoms with Crippen LogP contribution in [0, 0.1) is 5.41 Å². The minimum atomic E-state index is -0.393. The van der Waals surface area contributed by atoms with Gasteiger partial charge in [-0.05, 0) is 18.4 Å². The molecule has 0 saturated carbocycles.